The number of carbonyl (C=O) groups excluding carboxylic acids is 1. The molecule has 0 saturated heterocycles. The maximum atomic E-state index is 11.2. The van der Waals surface area contributed by atoms with Crippen molar-refractivity contribution in [3.63, 3.8) is 0 Å². The number of esters is 1. The van der Waals surface area contributed by atoms with Crippen molar-refractivity contribution in [2.75, 3.05) is 7.11 Å². The van der Waals surface area contributed by atoms with Crippen LogP contribution in [0.3, 0.4) is 0 Å². The number of hydrogen-bond acceptors (Lipinski definition) is 3. The summed E-state index contributed by atoms with van der Waals surface area (Å²) in [5.74, 6) is -0.102. The number of hydrogen-bond donors (Lipinski definition) is 1. The van der Waals surface area contributed by atoms with E-state index >= 15 is 0 Å². The van der Waals surface area contributed by atoms with Crippen LogP contribution in [0.4, 0.5) is 0 Å². The summed E-state index contributed by atoms with van der Waals surface area (Å²) in [6.07, 6.45) is 9.14. The van der Waals surface area contributed by atoms with Crippen LogP contribution in [-0.2, 0) is 9.53 Å². The zero-order chi connectivity index (χ0) is 14.1. The standard InChI is InChI=1S/C16H24O3/c1-12-5-4-9-15(2)10-8-13(11-16(12,15)18)6-7-14(17)19-3/h6-7,13,18H,1,4-5,8-11H2,2-3H3/b7-6+/t13-,15-,16+/m1/s1. The summed E-state index contributed by atoms with van der Waals surface area (Å²) in [6.45, 7) is 6.27. The summed E-state index contributed by atoms with van der Waals surface area (Å²) in [6, 6.07) is 0. The first-order chi connectivity index (χ1) is 8.91. The van der Waals surface area contributed by atoms with E-state index in [-0.39, 0.29) is 17.3 Å². The molecule has 2 rings (SSSR count). The van der Waals surface area contributed by atoms with E-state index in [1.165, 1.54) is 13.2 Å². The Labute approximate surface area is 115 Å². The third kappa shape index (κ3) is 2.48. The van der Waals surface area contributed by atoms with Gasteiger partial charge >= 0.3 is 5.97 Å². The van der Waals surface area contributed by atoms with Gasteiger partial charge in [-0.15, -0.1) is 0 Å². The fraction of sp³-hybridized carbons (Fsp3) is 0.688. The molecule has 0 bridgehead atoms. The zero-order valence-electron chi connectivity index (χ0n) is 11.9. The predicted molar refractivity (Wildman–Crippen MR) is 74.5 cm³/mol. The van der Waals surface area contributed by atoms with Crippen molar-refractivity contribution in [1.29, 1.82) is 0 Å². The molecule has 2 saturated carbocycles. The molecule has 3 atom stereocenters. The topological polar surface area (TPSA) is 46.5 Å². The maximum absolute atomic E-state index is 11.2. The van der Waals surface area contributed by atoms with Gasteiger partial charge in [0, 0.05) is 11.5 Å². The first kappa shape index (κ1) is 14.3. The number of ether oxygens (including phenoxy) is 1. The van der Waals surface area contributed by atoms with E-state index in [1.807, 2.05) is 6.08 Å². The Kier molecular flexibility index (Phi) is 3.86. The van der Waals surface area contributed by atoms with Crippen LogP contribution in [0.25, 0.3) is 0 Å². The highest BCUT2D eigenvalue weighted by molar-refractivity contribution is 5.81. The molecule has 2 fully saturated rings. The number of methoxy groups -OCH3 is 1. The van der Waals surface area contributed by atoms with Crippen LogP contribution in [-0.4, -0.2) is 23.8 Å². The van der Waals surface area contributed by atoms with Gasteiger partial charge in [0.2, 0.25) is 0 Å². The number of carbonyl (C=O) groups is 1. The highest BCUT2D eigenvalue weighted by atomic mass is 16.5. The Balaban J connectivity index is 2.14. The molecule has 106 valence electrons. The first-order valence-electron chi connectivity index (χ1n) is 7.08. The van der Waals surface area contributed by atoms with Gasteiger partial charge in [-0.1, -0.05) is 19.6 Å². The Morgan fingerprint density at radius 1 is 1.53 bits per heavy atom. The monoisotopic (exact) mass is 264 g/mol. The third-order valence-electron chi connectivity index (χ3n) is 5.12. The molecule has 19 heavy (non-hydrogen) atoms. The lowest BCUT2D eigenvalue weighted by Crippen LogP contribution is -2.54. The second-order valence-electron chi connectivity index (χ2n) is 6.26. The van der Waals surface area contributed by atoms with Crippen LogP contribution in [0, 0.1) is 11.3 Å². The third-order valence-corrected chi connectivity index (χ3v) is 5.12. The van der Waals surface area contributed by atoms with Gasteiger partial charge in [0.25, 0.3) is 0 Å². The lowest BCUT2D eigenvalue weighted by atomic mass is 9.54. The van der Waals surface area contributed by atoms with E-state index in [0.717, 1.165) is 37.7 Å². The first-order valence-corrected chi connectivity index (χ1v) is 7.08. The van der Waals surface area contributed by atoms with Gasteiger partial charge in [-0.25, -0.2) is 4.79 Å². The van der Waals surface area contributed by atoms with Crippen molar-refractivity contribution < 1.29 is 14.6 Å². The van der Waals surface area contributed by atoms with Gasteiger partial charge in [-0.3, -0.25) is 0 Å². The summed E-state index contributed by atoms with van der Waals surface area (Å²) in [4.78, 5) is 11.2. The second kappa shape index (κ2) is 5.12. The van der Waals surface area contributed by atoms with Gasteiger partial charge in [-0.05, 0) is 50.0 Å². The van der Waals surface area contributed by atoms with E-state index in [2.05, 4.69) is 18.2 Å². The summed E-state index contributed by atoms with van der Waals surface area (Å²) in [5.41, 5.74) is 0.157. The molecule has 0 unspecified atom stereocenters. The summed E-state index contributed by atoms with van der Waals surface area (Å²) in [5, 5.41) is 11.1. The molecule has 2 aliphatic carbocycles. The van der Waals surface area contributed by atoms with Crippen molar-refractivity contribution in [3.05, 3.63) is 24.3 Å². The molecular formula is C16H24O3. The molecule has 0 aromatic rings. The second-order valence-corrected chi connectivity index (χ2v) is 6.26. The Morgan fingerprint density at radius 2 is 2.26 bits per heavy atom. The van der Waals surface area contributed by atoms with Gasteiger partial charge in [0.1, 0.15) is 0 Å². The lowest BCUT2D eigenvalue weighted by molar-refractivity contribution is -0.135. The fourth-order valence-corrected chi connectivity index (χ4v) is 3.69. The van der Waals surface area contributed by atoms with Crippen molar-refractivity contribution >= 4 is 5.97 Å². The normalized spacial score (nSPS) is 39.1. The predicted octanol–water partition coefficient (Wildman–Crippen LogP) is 2.99. The molecule has 1 N–H and O–H groups in total. The Bertz CT molecular complexity index is 412. The van der Waals surface area contributed by atoms with Crippen LogP contribution in [0.2, 0.25) is 0 Å². The van der Waals surface area contributed by atoms with Crippen LogP contribution < -0.4 is 0 Å². The number of allylic oxidation sites excluding steroid dienone is 1. The summed E-state index contributed by atoms with van der Waals surface area (Å²) in [7, 11) is 1.38. The highest BCUT2D eigenvalue weighted by Gasteiger charge is 2.53. The van der Waals surface area contributed by atoms with Gasteiger partial charge in [0.15, 0.2) is 0 Å². The summed E-state index contributed by atoms with van der Waals surface area (Å²) >= 11 is 0. The van der Waals surface area contributed by atoms with Crippen molar-refractivity contribution in [2.45, 2.75) is 51.0 Å². The molecular weight excluding hydrogens is 240 g/mol. The molecule has 0 radical (unpaired) electrons. The SMILES string of the molecule is C=C1CCC[C@]2(C)CC[C@@H](/C=C/C(=O)OC)C[C@]12O. The maximum Gasteiger partial charge on any atom is 0.330 e. The molecule has 3 nitrogen and oxygen atoms in total. The molecule has 0 heterocycles. The minimum atomic E-state index is -0.769. The number of aliphatic hydroxyl groups is 1. The average molecular weight is 264 g/mol. The Hall–Kier alpha value is -1.09. The van der Waals surface area contributed by atoms with Crippen LogP contribution in [0.1, 0.15) is 45.4 Å². The molecule has 0 aliphatic heterocycles. The minimum Gasteiger partial charge on any atom is -0.466 e. The number of rotatable bonds is 2. The molecule has 0 spiro atoms. The average Bonchev–Trinajstić information content (AvgIpc) is 2.38. The molecule has 3 heteroatoms. The van der Waals surface area contributed by atoms with Crippen molar-refractivity contribution in [3.8, 4) is 0 Å². The Morgan fingerprint density at radius 3 is 2.95 bits per heavy atom. The van der Waals surface area contributed by atoms with Gasteiger partial charge in [-0.2, -0.15) is 0 Å². The van der Waals surface area contributed by atoms with E-state index in [4.69, 9.17) is 0 Å². The molecule has 0 aromatic heterocycles. The zero-order valence-corrected chi connectivity index (χ0v) is 11.9. The summed E-state index contributed by atoms with van der Waals surface area (Å²) < 4.78 is 4.61. The number of fused-ring (bicyclic) bond motifs is 1. The fourth-order valence-electron chi connectivity index (χ4n) is 3.69. The highest BCUT2D eigenvalue weighted by Crippen LogP contribution is 2.56. The molecule has 0 aromatic carbocycles. The van der Waals surface area contributed by atoms with Crippen LogP contribution in [0.15, 0.2) is 24.3 Å². The molecule has 0 amide bonds. The van der Waals surface area contributed by atoms with E-state index in [1.54, 1.807) is 0 Å². The van der Waals surface area contributed by atoms with E-state index in [0.29, 0.717) is 6.42 Å². The van der Waals surface area contributed by atoms with E-state index < -0.39 is 5.60 Å². The van der Waals surface area contributed by atoms with Crippen LogP contribution in [0.5, 0.6) is 0 Å². The molecule has 2 aliphatic rings. The van der Waals surface area contributed by atoms with Crippen LogP contribution >= 0.6 is 0 Å². The quantitative estimate of drug-likeness (QED) is 0.474. The van der Waals surface area contributed by atoms with E-state index in [9.17, 15) is 9.90 Å². The minimum absolute atomic E-state index is 0.0437. The lowest BCUT2D eigenvalue weighted by Gasteiger charge is -2.54. The van der Waals surface area contributed by atoms with Gasteiger partial charge < -0.3 is 9.84 Å². The van der Waals surface area contributed by atoms with Gasteiger partial charge in [0.05, 0.1) is 12.7 Å². The van der Waals surface area contributed by atoms with Crippen molar-refractivity contribution in [2.24, 2.45) is 11.3 Å². The smallest absolute Gasteiger partial charge is 0.330 e. The largest absolute Gasteiger partial charge is 0.466 e. The van der Waals surface area contributed by atoms with Crippen molar-refractivity contribution in [1.82, 2.24) is 0 Å².